The number of ether oxygens (including phenoxy) is 1. The molecular weight excluding hydrogens is 378 g/mol. The quantitative estimate of drug-likeness (QED) is 0.520. The lowest BCUT2D eigenvalue weighted by molar-refractivity contribution is 0.307. The number of hydrogen-bond donors (Lipinski definition) is 0. The molecule has 8 heteroatoms. The van der Waals surface area contributed by atoms with Crippen molar-refractivity contribution in [1.82, 2.24) is 34.1 Å². The van der Waals surface area contributed by atoms with E-state index in [1.165, 1.54) is 0 Å². The summed E-state index contributed by atoms with van der Waals surface area (Å²) in [4.78, 5) is 9.55. The maximum Gasteiger partial charge on any atom is 0.178 e. The summed E-state index contributed by atoms with van der Waals surface area (Å²) in [6.07, 6.45) is 5.80. The van der Waals surface area contributed by atoms with Gasteiger partial charge in [-0.25, -0.2) is 14.6 Å². The maximum absolute atomic E-state index is 6.05. The van der Waals surface area contributed by atoms with E-state index in [1.807, 2.05) is 36.3 Å². The fourth-order valence-electron chi connectivity index (χ4n) is 3.72. The van der Waals surface area contributed by atoms with Gasteiger partial charge in [0.05, 0.1) is 24.8 Å². The van der Waals surface area contributed by atoms with E-state index in [2.05, 4.69) is 52.7 Å². The lowest BCUT2D eigenvalue weighted by Crippen LogP contribution is -2.06. The Morgan fingerprint density at radius 3 is 2.77 bits per heavy atom. The first kappa shape index (κ1) is 18.6. The van der Waals surface area contributed by atoms with Gasteiger partial charge in [0.2, 0.25) is 0 Å². The summed E-state index contributed by atoms with van der Waals surface area (Å²) in [5.74, 6) is 3.23. The molecule has 0 spiro atoms. The van der Waals surface area contributed by atoms with Crippen molar-refractivity contribution in [2.75, 3.05) is 6.61 Å². The van der Waals surface area contributed by atoms with E-state index in [9.17, 15) is 0 Å². The largest absolute Gasteiger partial charge is 0.491 e. The maximum atomic E-state index is 6.05. The second-order valence-corrected chi connectivity index (χ2v) is 7.62. The zero-order chi connectivity index (χ0) is 20.8. The highest BCUT2D eigenvalue weighted by atomic mass is 16.5. The van der Waals surface area contributed by atoms with Gasteiger partial charge >= 0.3 is 0 Å². The monoisotopic (exact) mass is 401 g/mol. The lowest BCUT2D eigenvalue weighted by atomic mass is 10.1. The first-order valence-electron chi connectivity index (χ1n) is 9.98. The van der Waals surface area contributed by atoms with Crippen LogP contribution in [0.15, 0.2) is 36.8 Å². The topological polar surface area (TPSA) is 75.6 Å². The van der Waals surface area contributed by atoms with Crippen LogP contribution in [0.3, 0.4) is 0 Å². The van der Waals surface area contributed by atoms with Crippen molar-refractivity contribution in [1.29, 1.82) is 0 Å². The lowest BCUT2D eigenvalue weighted by Gasteiger charge is -2.09. The van der Waals surface area contributed by atoms with E-state index in [1.54, 1.807) is 11.2 Å². The normalized spacial score (nSPS) is 13.1. The van der Waals surface area contributed by atoms with Gasteiger partial charge in [-0.2, -0.15) is 10.2 Å². The van der Waals surface area contributed by atoms with Crippen molar-refractivity contribution in [2.45, 2.75) is 33.4 Å². The van der Waals surface area contributed by atoms with Crippen LogP contribution in [0.25, 0.3) is 34.0 Å². The molecule has 30 heavy (non-hydrogen) atoms. The van der Waals surface area contributed by atoms with E-state index in [-0.39, 0.29) is 6.04 Å². The number of hydrogen-bond acceptors (Lipinski definition) is 5. The van der Waals surface area contributed by atoms with Crippen LogP contribution in [0.4, 0.5) is 0 Å². The van der Waals surface area contributed by atoms with Gasteiger partial charge in [0.25, 0.3) is 0 Å². The van der Waals surface area contributed by atoms with E-state index in [0.29, 0.717) is 6.61 Å². The molecule has 0 saturated carbocycles. The summed E-state index contributed by atoms with van der Waals surface area (Å²) in [7, 11) is 0. The number of aryl methyl sites for hydroxylation is 1. The van der Waals surface area contributed by atoms with Crippen LogP contribution < -0.4 is 4.74 Å². The molecule has 0 amide bonds. The van der Waals surface area contributed by atoms with E-state index in [0.717, 1.165) is 52.2 Å². The minimum Gasteiger partial charge on any atom is -0.491 e. The van der Waals surface area contributed by atoms with Crippen molar-refractivity contribution >= 4 is 0 Å². The molecule has 8 nitrogen and oxygen atoms in total. The number of imidazole rings is 1. The van der Waals surface area contributed by atoms with Crippen LogP contribution in [-0.4, -0.2) is 40.7 Å². The van der Waals surface area contributed by atoms with Crippen molar-refractivity contribution < 1.29 is 4.74 Å². The summed E-state index contributed by atoms with van der Waals surface area (Å²) in [6.45, 7) is 12.8. The average Bonchev–Trinajstić information content (AvgIpc) is 3.44. The minimum absolute atomic E-state index is 0.206. The second-order valence-electron chi connectivity index (χ2n) is 7.62. The molecule has 4 heterocycles. The fraction of sp³-hybridized carbons (Fsp3) is 0.273. The molecule has 3 aromatic heterocycles. The molecule has 1 aliphatic heterocycles. The zero-order valence-electron chi connectivity index (χ0n) is 17.3. The summed E-state index contributed by atoms with van der Waals surface area (Å²) in [5.41, 5.74) is 3.83. The summed E-state index contributed by atoms with van der Waals surface area (Å²) >= 11 is 0. The molecule has 0 N–H and O–H groups in total. The smallest absolute Gasteiger partial charge is 0.178 e. The standard InChI is InChI=1S/C22H23N7O/c1-5-28-12-17(11-23-28)16-6-7-18-20(10-16)30-9-8-27-13-19(25-21(18)27)22-24-15(4)26-29(22)14(2)3/h5-7,10-14H,1,8-9H2,2-4H3. The molecule has 2 radical (unpaired) electrons. The van der Waals surface area contributed by atoms with Crippen LogP contribution in [0.1, 0.15) is 25.7 Å². The third kappa shape index (κ3) is 3.08. The number of aromatic nitrogens is 7. The minimum atomic E-state index is 0.206. The molecule has 1 aromatic carbocycles. The van der Waals surface area contributed by atoms with Crippen molar-refractivity contribution in [3.8, 4) is 39.8 Å². The highest BCUT2D eigenvalue weighted by Crippen LogP contribution is 2.36. The van der Waals surface area contributed by atoms with Crippen LogP contribution >= 0.6 is 0 Å². The number of benzene rings is 1. The van der Waals surface area contributed by atoms with E-state index in [4.69, 9.17) is 9.72 Å². The van der Waals surface area contributed by atoms with Crippen LogP contribution in [0, 0.1) is 20.4 Å². The van der Waals surface area contributed by atoms with Crippen molar-refractivity contribution in [3.05, 3.63) is 56.1 Å². The van der Waals surface area contributed by atoms with Gasteiger partial charge < -0.3 is 9.30 Å². The van der Waals surface area contributed by atoms with Gasteiger partial charge in [-0.3, -0.25) is 4.68 Å². The van der Waals surface area contributed by atoms with Gasteiger partial charge in [-0.15, -0.1) is 0 Å². The molecule has 4 aromatic rings. The molecule has 0 saturated heterocycles. The first-order chi connectivity index (χ1) is 14.5. The third-order valence-electron chi connectivity index (χ3n) is 5.17. The Morgan fingerprint density at radius 1 is 1.13 bits per heavy atom. The molecule has 0 atom stereocenters. The Morgan fingerprint density at radius 2 is 2.00 bits per heavy atom. The van der Waals surface area contributed by atoms with Crippen LogP contribution in [-0.2, 0) is 6.54 Å². The summed E-state index contributed by atoms with van der Waals surface area (Å²) < 4.78 is 11.8. The van der Waals surface area contributed by atoms with Crippen molar-refractivity contribution in [3.63, 3.8) is 0 Å². The Labute approximate surface area is 175 Å². The Bertz CT molecular complexity index is 1210. The molecule has 0 fully saturated rings. The Kier molecular flexibility index (Phi) is 4.42. The first-order valence-corrected chi connectivity index (χ1v) is 9.98. The molecule has 152 valence electrons. The van der Waals surface area contributed by atoms with Gasteiger partial charge in [-0.1, -0.05) is 6.07 Å². The van der Waals surface area contributed by atoms with E-state index < -0.39 is 0 Å². The third-order valence-corrected chi connectivity index (χ3v) is 5.17. The fourth-order valence-corrected chi connectivity index (χ4v) is 3.72. The number of fused-ring (bicyclic) bond motifs is 3. The molecular formula is C22H23N7O. The average molecular weight is 401 g/mol. The molecule has 0 unspecified atom stereocenters. The van der Waals surface area contributed by atoms with Crippen LogP contribution in [0.2, 0.25) is 0 Å². The van der Waals surface area contributed by atoms with Gasteiger partial charge in [0.15, 0.2) is 5.82 Å². The molecule has 0 aliphatic carbocycles. The van der Waals surface area contributed by atoms with Gasteiger partial charge in [0, 0.05) is 24.0 Å². The zero-order valence-corrected chi connectivity index (χ0v) is 17.3. The summed E-state index contributed by atoms with van der Waals surface area (Å²) in [6, 6.07) is 6.38. The number of rotatable bonds is 4. The highest BCUT2D eigenvalue weighted by Gasteiger charge is 2.22. The van der Waals surface area contributed by atoms with E-state index >= 15 is 0 Å². The number of nitrogens with zero attached hydrogens (tertiary/aromatic N) is 7. The molecule has 0 bridgehead atoms. The second kappa shape index (κ2) is 7.12. The highest BCUT2D eigenvalue weighted by molar-refractivity contribution is 5.74. The summed E-state index contributed by atoms with van der Waals surface area (Å²) in [5, 5.41) is 8.79. The van der Waals surface area contributed by atoms with Gasteiger partial charge in [-0.05, 0) is 45.4 Å². The van der Waals surface area contributed by atoms with Gasteiger partial charge in [0.1, 0.15) is 29.7 Å². The Balaban J connectivity index is 1.58. The predicted octanol–water partition coefficient (Wildman–Crippen LogP) is 3.80. The Hall–Kier alpha value is -3.42. The predicted molar refractivity (Wildman–Crippen MR) is 114 cm³/mol. The van der Waals surface area contributed by atoms with Crippen LogP contribution in [0.5, 0.6) is 5.75 Å². The molecule has 1 aliphatic rings. The SMILES string of the molecule is [CH2][CH]n1cc(-c2ccc3c(c2)OCCn2cc(-c4nc(C)nn4C(C)C)nc2-3)cn1. The molecule has 5 rings (SSSR count). The van der Waals surface area contributed by atoms with Crippen molar-refractivity contribution in [2.24, 2.45) is 0 Å².